The van der Waals surface area contributed by atoms with Crippen molar-refractivity contribution in [2.24, 2.45) is 0 Å². The number of carbonyl (C=O) groups is 2. The zero-order valence-electron chi connectivity index (χ0n) is 8.23. The fourth-order valence-corrected chi connectivity index (χ4v) is 1.35. The van der Waals surface area contributed by atoms with Gasteiger partial charge in [-0.25, -0.2) is 0 Å². The first-order valence-electron chi connectivity index (χ1n) is 4.54. The number of para-hydroxylation sites is 1. The topological polar surface area (TPSA) is 49.4 Å². The van der Waals surface area contributed by atoms with E-state index in [1.54, 1.807) is 7.05 Å². The maximum atomic E-state index is 11.4. The number of carbonyl (C=O) groups excluding carboxylic acids is 2. The molecule has 0 saturated heterocycles. The summed E-state index contributed by atoms with van der Waals surface area (Å²) in [5.41, 5.74) is 1.11. The van der Waals surface area contributed by atoms with Gasteiger partial charge >= 0.3 is 0 Å². The minimum absolute atomic E-state index is 0.314. The van der Waals surface area contributed by atoms with E-state index in [-0.39, 0.29) is 0 Å². The standard InChI is InChI=1S/C11H10N2O2/c1-13-7-9(10(14)11(13)15)12-8-5-3-2-4-6-8/h2-7,12H,1H3. The summed E-state index contributed by atoms with van der Waals surface area (Å²) in [4.78, 5) is 23.9. The number of Topliss-reactive ketones (excluding diaryl/α,β-unsaturated/α-hetero) is 1. The number of nitrogens with one attached hydrogen (secondary N) is 1. The summed E-state index contributed by atoms with van der Waals surface area (Å²) >= 11 is 0. The van der Waals surface area contributed by atoms with E-state index < -0.39 is 11.7 Å². The predicted octanol–water partition coefficient (Wildman–Crippen LogP) is 0.981. The van der Waals surface area contributed by atoms with Crippen molar-refractivity contribution < 1.29 is 9.59 Å². The molecule has 76 valence electrons. The van der Waals surface area contributed by atoms with Crippen LogP contribution >= 0.6 is 0 Å². The highest BCUT2D eigenvalue weighted by Crippen LogP contribution is 2.14. The van der Waals surface area contributed by atoms with Gasteiger partial charge in [-0.05, 0) is 12.1 Å². The Morgan fingerprint density at radius 2 is 1.80 bits per heavy atom. The van der Waals surface area contributed by atoms with Gasteiger partial charge in [-0.3, -0.25) is 9.59 Å². The molecule has 0 aromatic heterocycles. The SMILES string of the molecule is CN1C=C(Nc2ccccc2)C(=O)C1=O. The molecule has 4 heteroatoms. The summed E-state index contributed by atoms with van der Waals surface area (Å²) in [6.45, 7) is 0. The molecule has 1 aromatic rings. The van der Waals surface area contributed by atoms with Gasteiger partial charge in [0, 0.05) is 18.9 Å². The molecule has 0 saturated carbocycles. The largest absolute Gasteiger partial charge is 0.351 e. The molecule has 0 spiro atoms. The van der Waals surface area contributed by atoms with Gasteiger partial charge in [0.05, 0.1) is 0 Å². The summed E-state index contributed by atoms with van der Waals surface area (Å²) < 4.78 is 0. The molecule has 1 heterocycles. The second-order valence-corrected chi connectivity index (χ2v) is 3.28. The van der Waals surface area contributed by atoms with Crippen LogP contribution in [0.15, 0.2) is 42.2 Å². The van der Waals surface area contributed by atoms with Crippen molar-refractivity contribution in [3.05, 3.63) is 42.2 Å². The maximum absolute atomic E-state index is 11.4. The fourth-order valence-electron chi connectivity index (χ4n) is 1.35. The van der Waals surface area contributed by atoms with Crippen LogP contribution in [0, 0.1) is 0 Å². The fraction of sp³-hybridized carbons (Fsp3) is 0.0909. The Labute approximate surface area is 87.2 Å². The molecular weight excluding hydrogens is 192 g/mol. The lowest BCUT2D eigenvalue weighted by Gasteiger charge is -2.03. The van der Waals surface area contributed by atoms with Gasteiger partial charge < -0.3 is 10.2 Å². The van der Waals surface area contributed by atoms with E-state index in [1.807, 2.05) is 30.3 Å². The van der Waals surface area contributed by atoms with Crippen molar-refractivity contribution in [1.82, 2.24) is 4.90 Å². The van der Waals surface area contributed by atoms with Crippen LogP contribution in [0.25, 0.3) is 0 Å². The molecule has 0 bridgehead atoms. The van der Waals surface area contributed by atoms with Crippen molar-refractivity contribution in [3.8, 4) is 0 Å². The third kappa shape index (κ3) is 1.74. The highest BCUT2D eigenvalue weighted by molar-refractivity contribution is 6.45. The zero-order chi connectivity index (χ0) is 10.8. The molecule has 1 aliphatic heterocycles. The highest BCUT2D eigenvalue weighted by atomic mass is 16.2. The van der Waals surface area contributed by atoms with E-state index in [2.05, 4.69) is 5.32 Å². The molecule has 1 N–H and O–H groups in total. The number of hydrogen-bond donors (Lipinski definition) is 1. The van der Waals surface area contributed by atoms with E-state index in [1.165, 1.54) is 11.1 Å². The summed E-state index contributed by atoms with van der Waals surface area (Å²) in [6, 6.07) is 9.25. The van der Waals surface area contributed by atoms with Crippen LogP contribution in [-0.2, 0) is 9.59 Å². The molecule has 15 heavy (non-hydrogen) atoms. The number of rotatable bonds is 2. The Morgan fingerprint density at radius 3 is 2.33 bits per heavy atom. The summed E-state index contributed by atoms with van der Waals surface area (Å²) in [6.07, 6.45) is 1.50. The number of anilines is 1. The summed E-state index contributed by atoms with van der Waals surface area (Å²) in [7, 11) is 1.56. The molecule has 0 fully saturated rings. The Balaban J connectivity index is 2.18. The minimum Gasteiger partial charge on any atom is -0.351 e. The van der Waals surface area contributed by atoms with Crippen molar-refractivity contribution in [3.63, 3.8) is 0 Å². The van der Waals surface area contributed by atoms with Crippen molar-refractivity contribution in [2.45, 2.75) is 0 Å². The quantitative estimate of drug-likeness (QED) is 0.727. The Bertz CT molecular complexity index is 437. The van der Waals surface area contributed by atoms with Gasteiger partial charge in [-0.1, -0.05) is 18.2 Å². The van der Waals surface area contributed by atoms with Crippen molar-refractivity contribution in [1.29, 1.82) is 0 Å². The highest BCUT2D eigenvalue weighted by Gasteiger charge is 2.29. The van der Waals surface area contributed by atoms with Crippen LogP contribution in [0.5, 0.6) is 0 Å². The number of nitrogens with zero attached hydrogens (tertiary/aromatic N) is 1. The summed E-state index contributed by atoms with van der Waals surface area (Å²) in [5.74, 6) is -1.00. The lowest BCUT2D eigenvalue weighted by Crippen LogP contribution is -2.23. The molecule has 1 aromatic carbocycles. The number of hydrogen-bond acceptors (Lipinski definition) is 3. The lowest BCUT2D eigenvalue weighted by molar-refractivity contribution is -0.138. The monoisotopic (exact) mass is 202 g/mol. The number of benzene rings is 1. The Kier molecular flexibility index (Phi) is 2.25. The van der Waals surface area contributed by atoms with E-state index >= 15 is 0 Å². The van der Waals surface area contributed by atoms with Crippen LogP contribution < -0.4 is 5.32 Å². The number of likely N-dealkylation sites (N-methyl/N-ethyl adjacent to an activating group) is 1. The first-order valence-corrected chi connectivity index (χ1v) is 4.54. The van der Waals surface area contributed by atoms with Crippen LogP contribution in [0.1, 0.15) is 0 Å². The molecule has 0 atom stereocenters. The number of amides is 1. The third-order valence-corrected chi connectivity index (χ3v) is 2.13. The Morgan fingerprint density at radius 1 is 1.13 bits per heavy atom. The predicted molar refractivity (Wildman–Crippen MR) is 55.9 cm³/mol. The van der Waals surface area contributed by atoms with Gasteiger partial charge in [-0.2, -0.15) is 0 Å². The first kappa shape index (κ1) is 9.45. The zero-order valence-corrected chi connectivity index (χ0v) is 8.23. The van der Waals surface area contributed by atoms with Gasteiger partial charge in [0.25, 0.3) is 11.7 Å². The molecule has 0 unspecified atom stereocenters. The van der Waals surface area contributed by atoms with E-state index in [4.69, 9.17) is 0 Å². The molecule has 0 aliphatic carbocycles. The third-order valence-electron chi connectivity index (χ3n) is 2.13. The minimum atomic E-state index is -0.506. The van der Waals surface area contributed by atoms with Crippen molar-refractivity contribution in [2.75, 3.05) is 12.4 Å². The number of ketones is 1. The van der Waals surface area contributed by atoms with Crippen LogP contribution in [0.3, 0.4) is 0 Å². The smallest absolute Gasteiger partial charge is 0.300 e. The van der Waals surface area contributed by atoms with Gasteiger partial charge in [-0.15, -0.1) is 0 Å². The maximum Gasteiger partial charge on any atom is 0.300 e. The molecule has 2 rings (SSSR count). The van der Waals surface area contributed by atoms with Crippen LogP contribution in [-0.4, -0.2) is 23.6 Å². The molecule has 1 amide bonds. The normalized spacial score (nSPS) is 15.5. The van der Waals surface area contributed by atoms with E-state index in [0.29, 0.717) is 5.70 Å². The molecule has 1 aliphatic rings. The molecular formula is C11H10N2O2. The van der Waals surface area contributed by atoms with Crippen LogP contribution in [0.4, 0.5) is 5.69 Å². The average Bonchev–Trinajstić information content (AvgIpc) is 2.48. The van der Waals surface area contributed by atoms with Gasteiger partial charge in [0.15, 0.2) is 0 Å². The van der Waals surface area contributed by atoms with Crippen molar-refractivity contribution >= 4 is 17.4 Å². The second-order valence-electron chi connectivity index (χ2n) is 3.28. The van der Waals surface area contributed by atoms with Crippen LogP contribution in [0.2, 0.25) is 0 Å². The summed E-state index contributed by atoms with van der Waals surface area (Å²) in [5, 5.41) is 2.90. The Hall–Kier alpha value is -2.10. The first-order chi connectivity index (χ1) is 7.18. The lowest BCUT2D eigenvalue weighted by atomic mass is 10.3. The van der Waals surface area contributed by atoms with Gasteiger partial charge in [0.1, 0.15) is 5.70 Å². The van der Waals surface area contributed by atoms with E-state index in [0.717, 1.165) is 5.69 Å². The van der Waals surface area contributed by atoms with Gasteiger partial charge in [0.2, 0.25) is 0 Å². The molecule has 4 nitrogen and oxygen atoms in total. The average molecular weight is 202 g/mol. The second kappa shape index (κ2) is 3.57. The van der Waals surface area contributed by atoms with E-state index in [9.17, 15) is 9.59 Å². The molecule has 0 radical (unpaired) electrons.